The van der Waals surface area contributed by atoms with Gasteiger partial charge >= 0.3 is 0 Å². The van der Waals surface area contributed by atoms with Gasteiger partial charge in [0.2, 0.25) is 0 Å². The summed E-state index contributed by atoms with van der Waals surface area (Å²) in [5.74, 6) is -0.285. The van der Waals surface area contributed by atoms with Crippen LogP contribution in [0.25, 0.3) is 0 Å². The Labute approximate surface area is 104 Å². The van der Waals surface area contributed by atoms with Crippen LogP contribution in [-0.2, 0) is 11.2 Å². The lowest BCUT2D eigenvalue weighted by atomic mass is 10.1. The number of ether oxygens (including phenoxy) is 1. The van der Waals surface area contributed by atoms with Crippen LogP contribution in [-0.4, -0.2) is 24.4 Å². The molecule has 1 atom stereocenters. The Bertz CT molecular complexity index is 331. The van der Waals surface area contributed by atoms with E-state index in [1.54, 1.807) is 6.07 Å². The zero-order chi connectivity index (χ0) is 12.0. The highest BCUT2D eigenvalue weighted by Crippen LogP contribution is 2.19. The van der Waals surface area contributed by atoms with E-state index in [1.165, 1.54) is 12.1 Å². The van der Waals surface area contributed by atoms with E-state index in [2.05, 4.69) is 15.9 Å². The molecule has 16 heavy (non-hydrogen) atoms. The van der Waals surface area contributed by atoms with E-state index >= 15 is 0 Å². The molecule has 0 saturated heterocycles. The van der Waals surface area contributed by atoms with Gasteiger partial charge in [-0.15, -0.1) is 0 Å². The van der Waals surface area contributed by atoms with Crippen molar-refractivity contribution in [2.75, 3.05) is 13.2 Å². The summed E-state index contributed by atoms with van der Waals surface area (Å²) in [5, 5.41) is 9.68. The maximum atomic E-state index is 12.8. The summed E-state index contributed by atoms with van der Waals surface area (Å²) in [6.07, 6.45) is 0.852. The van der Waals surface area contributed by atoms with Crippen molar-refractivity contribution < 1.29 is 14.2 Å². The number of aliphatic hydroxyl groups excluding tert-OH is 1. The SMILES string of the molecule is CCCOCC(O)Cc1ccc(F)cc1Br. The van der Waals surface area contributed by atoms with Crippen molar-refractivity contribution in [1.82, 2.24) is 0 Å². The van der Waals surface area contributed by atoms with E-state index in [0.717, 1.165) is 12.0 Å². The Morgan fingerprint density at radius 3 is 2.88 bits per heavy atom. The zero-order valence-corrected chi connectivity index (χ0v) is 10.8. The van der Waals surface area contributed by atoms with Gasteiger partial charge in [0, 0.05) is 17.5 Å². The predicted octanol–water partition coefficient (Wildman–Crippen LogP) is 2.92. The number of benzene rings is 1. The maximum absolute atomic E-state index is 12.8. The fraction of sp³-hybridized carbons (Fsp3) is 0.500. The van der Waals surface area contributed by atoms with Gasteiger partial charge in [0.25, 0.3) is 0 Å². The molecule has 0 bridgehead atoms. The molecule has 1 rings (SSSR count). The van der Waals surface area contributed by atoms with Crippen molar-refractivity contribution in [3.8, 4) is 0 Å². The minimum absolute atomic E-state index is 0.285. The average molecular weight is 291 g/mol. The van der Waals surface area contributed by atoms with Crippen LogP contribution in [0.4, 0.5) is 4.39 Å². The lowest BCUT2D eigenvalue weighted by Crippen LogP contribution is -2.18. The summed E-state index contributed by atoms with van der Waals surface area (Å²) in [5.41, 5.74) is 0.883. The zero-order valence-electron chi connectivity index (χ0n) is 9.25. The van der Waals surface area contributed by atoms with Gasteiger partial charge in [-0.25, -0.2) is 4.39 Å². The number of aliphatic hydroxyl groups is 1. The van der Waals surface area contributed by atoms with Crippen LogP contribution in [0.15, 0.2) is 22.7 Å². The van der Waals surface area contributed by atoms with Crippen LogP contribution in [0.5, 0.6) is 0 Å². The average Bonchev–Trinajstić information content (AvgIpc) is 2.23. The third-order valence-electron chi connectivity index (χ3n) is 2.13. The Balaban J connectivity index is 2.46. The van der Waals surface area contributed by atoms with Crippen LogP contribution < -0.4 is 0 Å². The topological polar surface area (TPSA) is 29.5 Å². The molecule has 0 fully saturated rings. The smallest absolute Gasteiger partial charge is 0.124 e. The molecule has 1 aromatic carbocycles. The number of rotatable bonds is 6. The molecular formula is C12H16BrFO2. The summed E-state index contributed by atoms with van der Waals surface area (Å²) < 4.78 is 18.7. The largest absolute Gasteiger partial charge is 0.390 e. The fourth-order valence-electron chi connectivity index (χ4n) is 1.36. The van der Waals surface area contributed by atoms with Crippen LogP contribution in [0, 0.1) is 5.82 Å². The lowest BCUT2D eigenvalue weighted by Gasteiger charge is -2.12. The number of hydrogen-bond acceptors (Lipinski definition) is 2. The molecular weight excluding hydrogens is 275 g/mol. The molecule has 1 N–H and O–H groups in total. The summed E-state index contributed by atoms with van der Waals surface area (Å²) in [4.78, 5) is 0. The first kappa shape index (κ1) is 13.6. The molecule has 0 heterocycles. The quantitative estimate of drug-likeness (QED) is 0.817. The Morgan fingerprint density at radius 2 is 2.25 bits per heavy atom. The lowest BCUT2D eigenvalue weighted by molar-refractivity contribution is 0.0373. The number of hydrogen-bond donors (Lipinski definition) is 1. The Hall–Kier alpha value is -0.450. The second-order valence-electron chi connectivity index (χ2n) is 3.67. The first-order valence-corrected chi connectivity index (χ1v) is 6.12. The third-order valence-corrected chi connectivity index (χ3v) is 2.87. The maximum Gasteiger partial charge on any atom is 0.124 e. The highest BCUT2D eigenvalue weighted by atomic mass is 79.9. The van der Waals surface area contributed by atoms with Crippen molar-refractivity contribution in [2.45, 2.75) is 25.9 Å². The molecule has 0 aliphatic rings. The second kappa shape index (κ2) is 6.99. The van der Waals surface area contributed by atoms with Gasteiger partial charge in [-0.3, -0.25) is 0 Å². The Morgan fingerprint density at radius 1 is 1.50 bits per heavy atom. The second-order valence-corrected chi connectivity index (χ2v) is 4.52. The molecule has 0 aliphatic carbocycles. The van der Waals surface area contributed by atoms with E-state index in [4.69, 9.17) is 4.74 Å². The number of halogens is 2. The van der Waals surface area contributed by atoms with E-state index < -0.39 is 6.10 Å². The molecule has 0 aromatic heterocycles. The molecule has 0 amide bonds. The van der Waals surface area contributed by atoms with Crippen LogP contribution in [0.1, 0.15) is 18.9 Å². The van der Waals surface area contributed by atoms with Crippen LogP contribution in [0.3, 0.4) is 0 Å². The molecule has 1 aromatic rings. The summed E-state index contributed by atoms with van der Waals surface area (Å²) in [7, 11) is 0. The van der Waals surface area contributed by atoms with Gasteiger partial charge in [0.15, 0.2) is 0 Å². The van der Waals surface area contributed by atoms with E-state index in [1.807, 2.05) is 6.92 Å². The standard InChI is InChI=1S/C12H16BrFO2/c1-2-5-16-8-11(15)6-9-3-4-10(14)7-12(9)13/h3-4,7,11,15H,2,5-6,8H2,1H3. The molecule has 0 radical (unpaired) electrons. The molecule has 0 saturated carbocycles. The minimum Gasteiger partial charge on any atom is -0.390 e. The fourth-order valence-corrected chi connectivity index (χ4v) is 1.88. The van der Waals surface area contributed by atoms with Crippen LogP contribution in [0.2, 0.25) is 0 Å². The van der Waals surface area contributed by atoms with Gasteiger partial charge in [0.05, 0.1) is 12.7 Å². The summed E-state index contributed by atoms with van der Waals surface area (Å²) in [6.45, 7) is 2.99. The monoisotopic (exact) mass is 290 g/mol. The van der Waals surface area contributed by atoms with E-state index in [9.17, 15) is 9.50 Å². The molecule has 1 unspecified atom stereocenters. The first-order valence-electron chi connectivity index (χ1n) is 5.33. The molecule has 2 nitrogen and oxygen atoms in total. The molecule has 0 aliphatic heterocycles. The van der Waals surface area contributed by atoms with Gasteiger partial charge in [-0.05, 0) is 24.1 Å². The van der Waals surface area contributed by atoms with Crippen molar-refractivity contribution >= 4 is 15.9 Å². The third kappa shape index (κ3) is 4.60. The first-order chi connectivity index (χ1) is 7.63. The van der Waals surface area contributed by atoms with Gasteiger partial charge in [-0.1, -0.05) is 28.9 Å². The minimum atomic E-state index is -0.548. The Kier molecular flexibility index (Phi) is 5.95. The van der Waals surface area contributed by atoms with Crippen molar-refractivity contribution in [3.63, 3.8) is 0 Å². The van der Waals surface area contributed by atoms with Gasteiger partial charge < -0.3 is 9.84 Å². The summed E-state index contributed by atoms with van der Waals surface area (Å²) in [6, 6.07) is 4.46. The normalized spacial score (nSPS) is 12.8. The van der Waals surface area contributed by atoms with Crippen molar-refractivity contribution in [3.05, 3.63) is 34.1 Å². The van der Waals surface area contributed by atoms with Crippen molar-refractivity contribution in [2.24, 2.45) is 0 Å². The predicted molar refractivity (Wildman–Crippen MR) is 64.9 cm³/mol. The van der Waals surface area contributed by atoms with Gasteiger partial charge in [0.1, 0.15) is 5.82 Å². The van der Waals surface area contributed by atoms with Gasteiger partial charge in [-0.2, -0.15) is 0 Å². The van der Waals surface area contributed by atoms with Crippen LogP contribution >= 0.6 is 15.9 Å². The molecule has 90 valence electrons. The highest BCUT2D eigenvalue weighted by molar-refractivity contribution is 9.10. The molecule has 0 spiro atoms. The van der Waals surface area contributed by atoms with E-state index in [0.29, 0.717) is 24.1 Å². The summed E-state index contributed by atoms with van der Waals surface area (Å²) >= 11 is 3.27. The van der Waals surface area contributed by atoms with Crippen molar-refractivity contribution in [1.29, 1.82) is 0 Å². The highest BCUT2D eigenvalue weighted by Gasteiger charge is 2.09. The molecule has 4 heteroatoms. The van der Waals surface area contributed by atoms with E-state index in [-0.39, 0.29) is 5.82 Å².